The van der Waals surface area contributed by atoms with E-state index in [0.29, 0.717) is 18.9 Å². The highest BCUT2D eigenvalue weighted by Crippen LogP contribution is 2.22. The summed E-state index contributed by atoms with van der Waals surface area (Å²) in [5.74, 6) is 0. The Morgan fingerprint density at radius 3 is 2.85 bits per heavy atom. The molecule has 1 aliphatic rings. The maximum atomic E-state index is 10.5. The summed E-state index contributed by atoms with van der Waals surface area (Å²) in [7, 11) is 0. The zero-order valence-electron chi connectivity index (χ0n) is 7.14. The lowest BCUT2D eigenvalue weighted by molar-refractivity contribution is -0.385. The molecular weight excluding hydrogens is 174 g/mol. The Kier molecular flexibility index (Phi) is 1.77. The van der Waals surface area contributed by atoms with Crippen molar-refractivity contribution in [2.75, 3.05) is 13.2 Å². The van der Waals surface area contributed by atoms with Crippen LogP contribution in [0.4, 0.5) is 5.69 Å². The van der Waals surface area contributed by atoms with E-state index < -0.39 is 4.92 Å². The molecule has 0 aromatic carbocycles. The average Bonchev–Trinajstić information content (AvgIpc) is 2.27. The van der Waals surface area contributed by atoms with E-state index in [1.165, 1.54) is 6.20 Å². The van der Waals surface area contributed by atoms with Crippen molar-refractivity contribution in [3.05, 3.63) is 22.0 Å². The van der Waals surface area contributed by atoms with E-state index in [1.807, 2.05) is 0 Å². The molecule has 0 aliphatic carbocycles. The molecule has 13 heavy (non-hydrogen) atoms. The quantitative estimate of drug-likeness (QED) is 0.499. The number of aromatic nitrogens is 2. The van der Waals surface area contributed by atoms with Gasteiger partial charge in [0, 0.05) is 0 Å². The molecular formula is C7H9N3O3. The fraction of sp³-hybridized carbons (Fsp3) is 0.571. The molecule has 0 atom stereocenters. The normalized spacial score (nSPS) is 17.0. The lowest BCUT2D eigenvalue weighted by atomic mass is 10.3. The lowest BCUT2D eigenvalue weighted by Gasteiger charge is -2.25. The molecule has 1 aromatic rings. The third-order valence-corrected chi connectivity index (χ3v) is 2.08. The molecule has 0 spiro atoms. The van der Waals surface area contributed by atoms with E-state index >= 15 is 0 Å². The monoisotopic (exact) mass is 183 g/mol. The molecule has 70 valence electrons. The Labute approximate surface area is 74.3 Å². The largest absolute Gasteiger partial charge is 0.377 e. The second kappa shape index (κ2) is 2.81. The molecule has 0 N–H and O–H groups in total. The average molecular weight is 183 g/mol. The molecule has 0 radical (unpaired) electrons. The maximum absolute atomic E-state index is 10.5. The van der Waals surface area contributed by atoms with Gasteiger partial charge in [-0.15, -0.1) is 0 Å². The van der Waals surface area contributed by atoms with Gasteiger partial charge in [-0.1, -0.05) is 0 Å². The van der Waals surface area contributed by atoms with Crippen molar-refractivity contribution in [3.63, 3.8) is 0 Å². The first-order chi connectivity index (χ1) is 6.18. The zero-order valence-corrected chi connectivity index (χ0v) is 7.14. The summed E-state index contributed by atoms with van der Waals surface area (Å²) < 4.78 is 6.58. The van der Waals surface area contributed by atoms with Gasteiger partial charge in [-0.05, 0) is 6.92 Å². The van der Waals surface area contributed by atoms with Crippen molar-refractivity contribution in [1.82, 2.24) is 9.78 Å². The molecule has 1 fully saturated rings. The number of nitrogens with zero attached hydrogens (tertiary/aromatic N) is 3. The fourth-order valence-corrected chi connectivity index (χ4v) is 1.21. The number of hydrogen-bond acceptors (Lipinski definition) is 4. The minimum atomic E-state index is -0.418. The van der Waals surface area contributed by atoms with E-state index in [9.17, 15) is 10.1 Å². The van der Waals surface area contributed by atoms with E-state index in [1.54, 1.807) is 11.6 Å². The minimum Gasteiger partial charge on any atom is -0.377 e. The molecule has 6 heteroatoms. The summed E-state index contributed by atoms with van der Waals surface area (Å²) in [6.07, 6.45) is 1.46. The van der Waals surface area contributed by atoms with Gasteiger partial charge in [-0.3, -0.25) is 14.8 Å². The fourth-order valence-electron chi connectivity index (χ4n) is 1.21. The van der Waals surface area contributed by atoms with E-state index in [-0.39, 0.29) is 11.7 Å². The number of ether oxygens (including phenoxy) is 1. The summed E-state index contributed by atoms with van der Waals surface area (Å²) in [5.41, 5.74) is 0.531. The first-order valence-corrected chi connectivity index (χ1v) is 3.96. The Morgan fingerprint density at radius 2 is 2.46 bits per heavy atom. The Morgan fingerprint density at radius 1 is 1.77 bits per heavy atom. The van der Waals surface area contributed by atoms with E-state index in [4.69, 9.17) is 4.74 Å². The standard InChI is InChI=1S/C7H9N3O3/c1-5-7(10(11)12)2-9(8-5)6-3-13-4-6/h2,6H,3-4H2,1H3. The van der Waals surface area contributed by atoms with Gasteiger partial charge in [-0.2, -0.15) is 5.10 Å². The molecule has 2 heterocycles. The van der Waals surface area contributed by atoms with Crippen LogP contribution in [0.1, 0.15) is 11.7 Å². The number of nitro groups is 1. The van der Waals surface area contributed by atoms with Crippen LogP contribution in [-0.2, 0) is 4.74 Å². The molecule has 0 amide bonds. The van der Waals surface area contributed by atoms with Gasteiger partial charge in [0.25, 0.3) is 0 Å². The van der Waals surface area contributed by atoms with Crippen LogP contribution in [0.15, 0.2) is 6.20 Å². The summed E-state index contributed by atoms with van der Waals surface area (Å²) in [6.45, 7) is 2.82. The number of hydrogen-bond donors (Lipinski definition) is 0. The van der Waals surface area contributed by atoms with Crippen molar-refractivity contribution in [2.45, 2.75) is 13.0 Å². The SMILES string of the molecule is Cc1nn(C2COC2)cc1[N+](=O)[O-]. The van der Waals surface area contributed by atoms with Gasteiger partial charge >= 0.3 is 5.69 Å². The second-order valence-electron chi connectivity index (χ2n) is 3.03. The van der Waals surface area contributed by atoms with Crippen molar-refractivity contribution in [1.29, 1.82) is 0 Å². The van der Waals surface area contributed by atoms with Crippen LogP contribution < -0.4 is 0 Å². The highest BCUT2D eigenvalue weighted by atomic mass is 16.6. The van der Waals surface area contributed by atoms with Gasteiger partial charge in [0.2, 0.25) is 0 Å². The Balaban J connectivity index is 2.28. The van der Waals surface area contributed by atoms with E-state index in [0.717, 1.165) is 0 Å². The molecule has 1 saturated heterocycles. The van der Waals surface area contributed by atoms with Gasteiger partial charge in [0.05, 0.1) is 24.2 Å². The van der Waals surface area contributed by atoms with Gasteiger partial charge in [0.15, 0.2) is 0 Å². The molecule has 0 saturated carbocycles. The van der Waals surface area contributed by atoms with E-state index in [2.05, 4.69) is 5.10 Å². The number of rotatable bonds is 2. The molecule has 6 nitrogen and oxygen atoms in total. The molecule has 0 unspecified atom stereocenters. The smallest absolute Gasteiger partial charge is 0.309 e. The van der Waals surface area contributed by atoms with Crippen LogP contribution in [0.2, 0.25) is 0 Å². The van der Waals surface area contributed by atoms with Crippen LogP contribution in [0.25, 0.3) is 0 Å². The molecule has 2 rings (SSSR count). The topological polar surface area (TPSA) is 70.2 Å². The minimum absolute atomic E-state index is 0.0758. The van der Waals surface area contributed by atoms with Crippen molar-refractivity contribution < 1.29 is 9.66 Å². The highest BCUT2D eigenvalue weighted by molar-refractivity contribution is 5.31. The Bertz CT molecular complexity index is 343. The van der Waals surface area contributed by atoms with Crippen molar-refractivity contribution in [2.24, 2.45) is 0 Å². The van der Waals surface area contributed by atoms with Gasteiger partial charge in [-0.25, -0.2) is 0 Å². The lowest BCUT2D eigenvalue weighted by Crippen LogP contribution is -2.30. The van der Waals surface area contributed by atoms with Gasteiger partial charge < -0.3 is 4.74 Å². The predicted molar refractivity (Wildman–Crippen MR) is 43.5 cm³/mol. The number of aryl methyl sites for hydroxylation is 1. The molecule has 1 aromatic heterocycles. The summed E-state index contributed by atoms with van der Waals surface area (Å²) in [5, 5.41) is 14.5. The van der Waals surface area contributed by atoms with Crippen LogP contribution >= 0.6 is 0 Å². The van der Waals surface area contributed by atoms with Crippen LogP contribution in [0, 0.1) is 17.0 Å². The third-order valence-electron chi connectivity index (χ3n) is 2.08. The van der Waals surface area contributed by atoms with Crippen molar-refractivity contribution >= 4 is 5.69 Å². The summed E-state index contributed by atoms with van der Waals surface area (Å²) in [4.78, 5) is 10.1. The predicted octanol–water partition coefficient (Wildman–Crippen LogP) is 0.671. The zero-order chi connectivity index (χ0) is 9.42. The molecule has 1 aliphatic heterocycles. The summed E-state index contributed by atoms with van der Waals surface area (Å²) in [6, 6.07) is 0.174. The highest BCUT2D eigenvalue weighted by Gasteiger charge is 2.25. The second-order valence-corrected chi connectivity index (χ2v) is 3.03. The van der Waals surface area contributed by atoms with Crippen molar-refractivity contribution in [3.8, 4) is 0 Å². The van der Waals surface area contributed by atoms with Gasteiger partial charge in [0.1, 0.15) is 11.9 Å². The summed E-state index contributed by atoms with van der Waals surface area (Å²) >= 11 is 0. The van der Waals surface area contributed by atoms with Crippen LogP contribution in [0.3, 0.4) is 0 Å². The molecule has 0 bridgehead atoms. The first kappa shape index (κ1) is 8.18. The maximum Gasteiger partial charge on any atom is 0.309 e. The van der Waals surface area contributed by atoms with Crippen LogP contribution in [0.5, 0.6) is 0 Å². The van der Waals surface area contributed by atoms with Crippen LogP contribution in [-0.4, -0.2) is 27.9 Å². The first-order valence-electron chi connectivity index (χ1n) is 3.96. The Hall–Kier alpha value is -1.43. The third kappa shape index (κ3) is 1.29.